The summed E-state index contributed by atoms with van der Waals surface area (Å²) in [4.78, 5) is 19.0. The van der Waals surface area contributed by atoms with Gasteiger partial charge in [-0.1, -0.05) is 25.1 Å². The molecule has 0 bridgehead atoms. The number of fused-ring (bicyclic) bond motifs is 1. The van der Waals surface area contributed by atoms with Crippen LogP contribution in [0.4, 0.5) is 11.4 Å². The number of nitrogens with zero attached hydrogens (tertiary/aromatic N) is 2. The molecule has 4 nitrogen and oxygen atoms in total. The predicted molar refractivity (Wildman–Crippen MR) is 95.9 cm³/mol. The van der Waals surface area contributed by atoms with Gasteiger partial charge in [-0.3, -0.25) is 9.78 Å². The molecule has 2 heterocycles. The molecule has 2 aromatic rings. The minimum Gasteiger partial charge on any atom is -0.376 e. The molecule has 3 atom stereocenters. The SMILES string of the molecule is CC(=O)N1c2cccnc2C(Nc2ccccc2)C(C)C1C1CC1. The average Bonchev–Trinajstić information content (AvgIpc) is 3.42. The highest BCUT2D eigenvalue weighted by Gasteiger charge is 2.47. The minimum atomic E-state index is 0.116. The second kappa shape index (κ2) is 5.93. The third kappa shape index (κ3) is 2.56. The molecule has 24 heavy (non-hydrogen) atoms. The lowest BCUT2D eigenvalue weighted by Gasteiger charge is -2.45. The van der Waals surface area contributed by atoms with Gasteiger partial charge in [0, 0.05) is 30.8 Å². The third-order valence-electron chi connectivity index (χ3n) is 5.27. The molecule has 1 N–H and O–H groups in total. The molecule has 1 aromatic carbocycles. The number of aromatic nitrogens is 1. The quantitative estimate of drug-likeness (QED) is 0.929. The second-order valence-corrected chi connectivity index (χ2v) is 6.97. The van der Waals surface area contributed by atoms with Crippen LogP contribution in [-0.2, 0) is 4.79 Å². The van der Waals surface area contributed by atoms with Crippen molar-refractivity contribution in [1.82, 2.24) is 4.98 Å². The Kier molecular flexibility index (Phi) is 3.75. The number of benzene rings is 1. The molecule has 124 valence electrons. The Labute approximate surface area is 142 Å². The fourth-order valence-corrected chi connectivity index (χ4v) is 4.07. The summed E-state index contributed by atoms with van der Waals surface area (Å²) in [6.45, 7) is 3.92. The van der Waals surface area contributed by atoms with E-state index in [0.717, 1.165) is 17.1 Å². The third-order valence-corrected chi connectivity index (χ3v) is 5.27. The number of hydrogen-bond donors (Lipinski definition) is 1. The van der Waals surface area contributed by atoms with Gasteiger partial charge in [0.15, 0.2) is 0 Å². The molecule has 1 aliphatic carbocycles. The normalized spacial score (nSPS) is 25.9. The van der Waals surface area contributed by atoms with Crippen LogP contribution in [0.5, 0.6) is 0 Å². The Morgan fingerprint density at radius 1 is 1.17 bits per heavy atom. The molecule has 4 rings (SSSR count). The number of carbonyl (C=O) groups is 1. The van der Waals surface area contributed by atoms with Crippen molar-refractivity contribution in [3.8, 4) is 0 Å². The van der Waals surface area contributed by atoms with Crippen LogP contribution in [0, 0.1) is 11.8 Å². The van der Waals surface area contributed by atoms with E-state index in [9.17, 15) is 4.79 Å². The van der Waals surface area contributed by atoms with Crippen LogP contribution in [0.1, 0.15) is 38.4 Å². The zero-order chi connectivity index (χ0) is 16.7. The molecule has 4 heteroatoms. The van der Waals surface area contributed by atoms with Crippen LogP contribution >= 0.6 is 0 Å². The van der Waals surface area contributed by atoms with Gasteiger partial charge < -0.3 is 10.2 Å². The van der Waals surface area contributed by atoms with E-state index in [1.165, 1.54) is 12.8 Å². The van der Waals surface area contributed by atoms with Gasteiger partial charge in [0.05, 0.1) is 17.4 Å². The van der Waals surface area contributed by atoms with Gasteiger partial charge in [0.2, 0.25) is 5.91 Å². The second-order valence-electron chi connectivity index (χ2n) is 6.97. The lowest BCUT2D eigenvalue weighted by Crippen LogP contribution is -2.51. The van der Waals surface area contributed by atoms with Crippen LogP contribution in [0.2, 0.25) is 0 Å². The van der Waals surface area contributed by atoms with Crippen molar-refractivity contribution >= 4 is 17.3 Å². The summed E-state index contributed by atoms with van der Waals surface area (Å²) in [7, 11) is 0. The van der Waals surface area contributed by atoms with E-state index in [1.807, 2.05) is 41.4 Å². The Morgan fingerprint density at radius 2 is 1.92 bits per heavy atom. The Morgan fingerprint density at radius 3 is 2.58 bits per heavy atom. The summed E-state index contributed by atoms with van der Waals surface area (Å²) < 4.78 is 0. The van der Waals surface area contributed by atoms with Gasteiger partial charge in [-0.05, 0) is 43.0 Å². The van der Waals surface area contributed by atoms with Crippen molar-refractivity contribution in [2.45, 2.75) is 38.8 Å². The summed E-state index contributed by atoms with van der Waals surface area (Å²) in [5.41, 5.74) is 3.03. The van der Waals surface area contributed by atoms with E-state index in [-0.39, 0.29) is 18.0 Å². The lowest BCUT2D eigenvalue weighted by molar-refractivity contribution is -0.117. The van der Waals surface area contributed by atoms with Gasteiger partial charge in [0.1, 0.15) is 0 Å². The maximum Gasteiger partial charge on any atom is 0.224 e. The molecule has 1 aliphatic heterocycles. The summed E-state index contributed by atoms with van der Waals surface area (Å²) >= 11 is 0. The zero-order valence-electron chi connectivity index (χ0n) is 14.1. The van der Waals surface area contributed by atoms with Crippen LogP contribution in [-0.4, -0.2) is 16.9 Å². The molecule has 1 fully saturated rings. The largest absolute Gasteiger partial charge is 0.376 e. The van der Waals surface area contributed by atoms with Crippen molar-refractivity contribution in [1.29, 1.82) is 0 Å². The Balaban J connectivity index is 1.78. The van der Waals surface area contributed by atoms with Crippen LogP contribution < -0.4 is 10.2 Å². The van der Waals surface area contributed by atoms with Crippen molar-refractivity contribution in [2.24, 2.45) is 11.8 Å². The van der Waals surface area contributed by atoms with E-state index in [0.29, 0.717) is 11.8 Å². The number of pyridine rings is 1. The number of rotatable bonds is 3. The Bertz CT molecular complexity index is 742. The number of nitrogens with one attached hydrogen (secondary N) is 1. The fourth-order valence-electron chi connectivity index (χ4n) is 4.07. The number of carbonyl (C=O) groups excluding carboxylic acids is 1. The van der Waals surface area contributed by atoms with Crippen LogP contribution in [0.3, 0.4) is 0 Å². The van der Waals surface area contributed by atoms with E-state index >= 15 is 0 Å². The first kappa shape index (κ1) is 15.2. The van der Waals surface area contributed by atoms with Gasteiger partial charge in [-0.2, -0.15) is 0 Å². The maximum absolute atomic E-state index is 12.4. The van der Waals surface area contributed by atoms with E-state index in [1.54, 1.807) is 6.92 Å². The molecular formula is C20H23N3O. The fraction of sp³-hybridized carbons (Fsp3) is 0.400. The summed E-state index contributed by atoms with van der Waals surface area (Å²) in [6, 6.07) is 14.6. The van der Waals surface area contributed by atoms with E-state index in [4.69, 9.17) is 0 Å². The summed E-state index contributed by atoms with van der Waals surface area (Å²) in [5, 5.41) is 3.66. The standard InChI is InChI=1S/C20H23N3O/c1-13-18(22-16-7-4-3-5-8-16)19-17(9-6-12-21-19)23(14(2)24)20(13)15-10-11-15/h3-9,12-13,15,18,20,22H,10-11H2,1-2H3. The monoisotopic (exact) mass is 321 g/mol. The van der Waals surface area contributed by atoms with Crippen molar-refractivity contribution in [2.75, 3.05) is 10.2 Å². The topological polar surface area (TPSA) is 45.2 Å². The summed E-state index contributed by atoms with van der Waals surface area (Å²) in [6.07, 6.45) is 4.25. The van der Waals surface area contributed by atoms with Gasteiger partial charge in [-0.15, -0.1) is 0 Å². The van der Waals surface area contributed by atoms with Crippen molar-refractivity contribution in [3.63, 3.8) is 0 Å². The van der Waals surface area contributed by atoms with E-state index in [2.05, 4.69) is 29.4 Å². The lowest BCUT2D eigenvalue weighted by atomic mass is 9.82. The highest BCUT2D eigenvalue weighted by Crippen LogP contribution is 2.49. The minimum absolute atomic E-state index is 0.116. The van der Waals surface area contributed by atoms with Crippen LogP contribution in [0.25, 0.3) is 0 Å². The van der Waals surface area contributed by atoms with E-state index < -0.39 is 0 Å². The zero-order valence-corrected chi connectivity index (χ0v) is 14.1. The number of hydrogen-bond acceptors (Lipinski definition) is 3. The van der Waals surface area contributed by atoms with Crippen LogP contribution in [0.15, 0.2) is 48.7 Å². The Hall–Kier alpha value is -2.36. The highest BCUT2D eigenvalue weighted by molar-refractivity contribution is 5.93. The molecular weight excluding hydrogens is 298 g/mol. The number of amides is 1. The smallest absolute Gasteiger partial charge is 0.224 e. The molecule has 1 aromatic heterocycles. The predicted octanol–water partition coefficient (Wildman–Crippen LogP) is 4.02. The first-order chi connectivity index (χ1) is 11.7. The molecule has 3 unspecified atom stereocenters. The average molecular weight is 321 g/mol. The van der Waals surface area contributed by atoms with Crippen molar-refractivity contribution in [3.05, 3.63) is 54.4 Å². The molecule has 1 saturated carbocycles. The van der Waals surface area contributed by atoms with Crippen molar-refractivity contribution < 1.29 is 4.79 Å². The maximum atomic E-state index is 12.4. The van der Waals surface area contributed by atoms with Gasteiger partial charge in [0.25, 0.3) is 0 Å². The first-order valence-electron chi connectivity index (χ1n) is 8.73. The number of anilines is 2. The highest BCUT2D eigenvalue weighted by atomic mass is 16.2. The first-order valence-corrected chi connectivity index (χ1v) is 8.73. The summed E-state index contributed by atoms with van der Waals surface area (Å²) in [5.74, 6) is 1.03. The van der Waals surface area contributed by atoms with Gasteiger partial charge >= 0.3 is 0 Å². The number of para-hydroxylation sites is 1. The molecule has 0 spiro atoms. The molecule has 0 radical (unpaired) electrons. The van der Waals surface area contributed by atoms with Gasteiger partial charge in [-0.25, -0.2) is 0 Å². The molecule has 1 amide bonds. The molecule has 0 saturated heterocycles. The molecule has 2 aliphatic rings.